The van der Waals surface area contributed by atoms with Crippen LogP contribution in [0.1, 0.15) is 43.9 Å². The minimum Gasteiger partial charge on any atom is -0.481 e. The van der Waals surface area contributed by atoms with Crippen LogP contribution in [0.5, 0.6) is 0 Å². The van der Waals surface area contributed by atoms with E-state index in [0.29, 0.717) is 0 Å². The molecule has 1 fully saturated rings. The Morgan fingerprint density at radius 3 is 2.86 bits per heavy atom. The molecule has 0 radical (unpaired) electrons. The van der Waals surface area contributed by atoms with Crippen molar-refractivity contribution in [3.63, 3.8) is 0 Å². The second-order valence-corrected chi connectivity index (χ2v) is 6.81. The van der Waals surface area contributed by atoms with Crippen molar-refractivity contribution in [2.75, 3.05) is 5.32 Å². The first-order valence-electron chi connectivity index (χ1n) is 7.35. The molecule has 5 nitrogen and oxygen atoms in total. The molecule has 0 unspecified atom stereocenters. The Morgan fingerprint density at radius 1 is 1.43 bits per heavy atom. The number of hydrogen-bond donors (Lipinski definition) is 2. The van der Waals surface area contributed by atoms with E-state index in [1.807, 2.05) is 0 Å². The van der Waals surface area contributed by atoms with E-state index in [1.165, 1.54) is 4.88 Å². The second-order valence-electron chi connectivity index (χ2n) is 5.69. The number of rotatable bonds is 5. The second kappa shape index (κ2) is 5.60. The fourth-order valence-electron chi connectivity index (χ4n) is 3.12. The molecule has 3 rings (SSSR count). The summed E-state index contributed by atoms with van der Waals surface area (Å²) >= 11 is 1.67. The van der Waals surface area contributed by atoms with Crippen LogP contribution in [0.3, 0.4) is 0 Å². The van der Waals surface area contributed by atoms with E-state index in [0.717, 1.165) is 48.1 Å². The number of thiophene rings is 1. The highest BCUT2D eigenvalue weighted by atomic mass is 32.1. The van der Waals surface area contributed by atoms with Gasteiger partial charge in [0, 0.05) is 10.4 Å². The minimum absolute atomic E-state index is 0.142. The molecule has 2 N–H and O–H groups in total. The van der Waals surface area contributed by atoms with Gasteiger partial charge in [-0.15, -0.1) is 11.3 Å². The number of aromatic nitrogens is 2. The smallest absolute Gasteiger partial charge is 0.305 e. The Balaban J connectivity index is 1.95. The summed E-state index contributed by atoms with van der Waals surface area (Å²) in [4.78, 5) is 22.1. The summed E-state index contributed by atoms with van der Waals surface area (Å²) < 4.78 is 0. The van der Waals surface area contributed by atoms with Crippen molar-refractivity contribution >= 4 is 33.3 Å². The largest absolute Gasteiger partial charge is 0.481 e. The molecule has 21 heavy (non-hydrogen) atoms. The predicted molar refractivity (Wildman–Crippen MR) is 83.9 cm³/mol. The molecule has 6 heteroatoms. The van der Waals surface area contributed by atoms with Gasteiger partial charge in [0.25, 0.3) is 0 Å². The highest BCUT2D eigenvalue weighted by Crippen LogP contribution is 2.38. The van der Waals surface area contributed by atoms with E-state index in [9.17, 15) is 9.90 Å². The van der Waals surface area contributed by atoms with Crippen molar-refractivity contribution in [3.8, 4) is 0 Å². The van der Waals surface area contributed by atoms with Gasteiger partial charge in [-0.25, -0.2) is 9.97 Å². The quantitative estimate of drug-likeness (QED) is 0.885. The molecular weight excluding hydrogens is 286 g/mol. The molecule has 0 spiro atoms. The molecule has 0 aromatic carbocycles. The van der Waals surface area contributed by atoms with Gasteiger partial charge in [-0.3, -0.25) is 4.79 Å². The first-order valence-corrected chi connectivity index (χ1v) is 8.17. The minimum atomic E-state index is -0.755. The van der Waals surface area contributed by atoms with Crippen LogP contribution in [-0.2, 0) is 11.2 Å². The molecule has 0 bridgehead atoms. The third-order valence-electron chi connectivity index (χ3n) is 4.16. The monoisotopic (exact) mass is 305 g/mol. The van der Waals surface area contributed by atoms with Gasteiger partial charge in [0.05, 0.1) is 11.8 Å². The highest BCUT2D eigenvalue weighted by molar-refractivity contribution is 7.18. The van der Waals surface area contributed by atoms with Gasteiger partial charge in [0.15, 0.2) is 0 Å². The summed E-state index contributed by atoms with van der Waals surface area (Å²) in [7, 11) is 0. The summed E-state index contributed by atoms with van der Waals surface area (Å²) in [5.41, 5.74) is -0.360. The van der Waals surface area contributed by atoms with Crippen molar-refractivity contribution in [1.29, 1.82) is 0 Å². The number of carboxylic acid groups (broad SMARTS) is 1. The normalized spacial score (nSPS) is 17.2. The molecule has 0 aliphatic heterocycles. The molecule has 0 atom stereocenters. The molecule has 2 aromatic heterocycles. The van der Waals surface area contributed by atoms with Gasteiger partial charge < -0.3 is 10.4 Å². The van der Waals surface area contributed by atoms with Crippen LogP contribution >= 0.6 is 11.3 Å². The van der Waals surface area contributed by atoms with Gasteiger partial charge in [-0.05, 0) is 25.3 Å². The van der Waals surface area contributed by atoms with Crippen molar-refractivity contribution in [2.45, 2.75) is 51.0 Å². The highest BCUT2D eigenvalue weighted by Gasteiger charge is 2.36. The number of hydrogen-bond acceptors (Lipinski definition) is 5. The number of anilines is 1. The topological polar surface area (TPSA) is 75.1 Å². The van der Waals surface area contributed by atoms with Crippen molar-refractivity contribution in [2.24, 2.45) is 0 Å². The van der Waals surface area contributed by atoms with Crippen LogP contribution in [0.4, 0.5) is 5.82 Å². The molecule has 0 saturated heterocycles. The number of carbonyl (C=O) groups is 1. The Labute approximate surface area is 127 Å². The lowest BCUT2D eigenvalue weighted by Gasteiger charge is -2.29. The van der Waals surface area contributed by atoms with E-state index in [4.69, 9.17) is 0 Å². The lowest BCUT2D eigenvalue weighted by atomic mass is 9.93. The Hall–Kier alpha value is -1.69. The van der Waals surface area contributed by atoms with Crippen LogP contribution in [-0.4, -0.2) is 26.6 Å². The summed E-state index contributed by atoms with van der Waals surface area (Å²) in [6.07, 6.45) is 6.58. The first kappa shape index (κ1) is 14.3. The number of aliphatic carboxylic acids is 1. The van der Waals surface area contributed by atoms with Crippen molar-refractivity contribution in [1.82, 2.24) is 9.97 Å². The standard InChI is InChI=1S/C15H19N3O2S/c1-2-10-7-11-13(16-9-17-14(11)21-10)18-15(8-12(19)20)5-3-4-6-15/h7,9H,2-6,8H2,1H3,(H,19,20)(H,16,17,18). The van der Waals surface area contributed by atoms with Crippen LogP contribution in [0.15, 0.2) is 12.4 Å². The third kappa shape index (κ3) is 2.85. The van der Waals surface area contributed by atoms with Crippen LogP contribution in [0.25, 0.3) is 10.2 Å². The molecule has 2 aromatic rings. The molecule has 1 saturated carbocycles. The molecular formula is C15H19N3O2S. The summed E-state index contributed by atoms with van der Waals surface area (Å²) in [5.74, 6) is 0.0216. The third-order valence-corrected chi connectivity index (χ3v) is 5.35. The average Bonchev–Trinajstić information content (AvgIpc) is 3.05. The molecule has 1 aliphatic rings. The van der Waals surface area contributed by atoms with Crippen molar-refractivity contribution in [3.05, 3.63) is 17.3 Å². The zero-order chi connectivity index (χ0) is 14.9. The number of nitrogens with zero attached hydrogens (tertiary/aromatic N) is 2. The van der Waals surface area contributed by atoms with Gasteiger partial charge >= 0.3 is 5.97 Å². The number of fused-ring (bicyclic) bond motifs is 1. The Kier molecular flexibility index (Phi) is 3.80. The van der Waals surface area contributed by atoms with Crippen LogP contribution in [0, 0.1) is 0 Å². The van der Waals surface area contributed by atoms with Gasteiger partial charge in [-0.2, -0.15) is 0 Å². The molecule has 2 heterocycles. The average molecular weight is 305 g/mol. The van der Waals surface area contributed by atoms with E-state index in [-0.39, 0.29) is 12.0 Å². The van der Waals surface area contributed by atoms with E-state index in [1.54, 1.807) is 17.7 Å². The molecule has 0 amide bonds. The lowest BCUT2D eigenvalue weighted by molar-refractivity contribution is -0.138. The van der Waals surface area contributed by atoms with E-state index < -0.39 is 5.97 Å². The van der Waals surface area contributed by atoms with E-state index in [2.05, 4.69) is 28.3 Å². The van der Waals surface area contributed by atoms with Crippen molar-refractivity contribution < 1.29 is 9.90 Å². The number of aryl methyl sites for hydroxylation is 1. The lowest BCUT2D eigenvalue weighted by Crippen LogP contribution is -2.37. The SMILES string of the molecule is CCc1cc2c(NC3(CC(=O)O)CCCC3)ncnc2s1. The summed E-state index contributed by atoms with van der Waals surface area (Å²) in [6.45, 7) is 2.12. The fourth-order valence-corrected chi connectivity index (χ4v) is 4.05. The Morgan fingerprint density at radius 2 is 2.19 bits per heavy atom. The van der Waals surface area contributed by atoms with Gasteiger partial charge in [0.1, 0.15) is 17.0 Å². The fraction of sp³-hybridized carbons (Fsp3) is 0.533. The zero-order valence-corrected chi connectivity index (χ0v) is 12.9. The van der Waals surface area contributed by atoms with Crippen LogP contribution < -0.4 is 5.32 Å². The number of carboxylic acids is 1. The predicted octanol–water partition coefficient (Wildman–Crippen LogP) is 3.45. The molecule has 1 aliphatic carbocycles. The summed E-state index contributed by atoms with van der Waals surface area (Å²) in [5, 5.41) is 13.7. The van der Waals surface area contributed by atoms with Gasteiger partial charge in [-0.1, -0.05) is 19.8 Å². The van der Waals surface area contributed by atoms with E-state index >= 15 is 0 Å². The molecule has 112 valence electrons. The Bertz CT molecular complexity index is 662. The first-order chi connectivity index (χ1) is 10.1. The maximum atomic E-state index is 11.2. The summed E-state index contributed by atoms with van der Waals surface area (Å²) in [6, 6.07) is 2.12. The maximum Gasteiger partial charge on any atom is 0.305 e. The van der Waals surface area contributed by atoms with Gasteiger partial charge in [0.2, 0.25) is 0 Å². The maximum absolute atomic E-state index is 11.2. The zero-order valence-electron chi connectivity index (χ0n) is 12.1. The number of nitrogens with one attached hydrogen (secondary N) is 1. The van der Waals surface area contributed by atoms with Crippen LogP contribution in [0.2, 0.25) is 0 Å².